The van der Waals surface area contributed by atoms with Gasteiger partial charge in [-0.1, -0.05) is 51.1 Å². The quantitative estimate of drug-likeness (QED) is 0.941. The van der Waals surface area contributed by atoms with Gasteiger partial charge < -0.3 is 10.3 Å². The van der Waals surface area contributed by atoms with Crippen LogP contribution < -0.4 is 11.3 Å². The van der Waals surface area contributed by atoms with Gasteiger partial charge >= 0.3 is 0 Å². The monoisotopic (exact) mass is 284 g/mol. The van der Waals surface area contributed by atoms with Gasteiger partial charge in [-0.05, 0) is 29.5 Å². The molecule has 0 radical (unpaired) electrons. The van der Waals surface area contributed by atoms with Crippen molar-refractivity contribution < 1.29 is 0 Å². The molecule has 1 aromatic heterocycles. The average molecular weight is 284 g/mol. The van der Waals surface area contributed by atoms with Crippen LogP contribution in [0.1, 0.15) is 43.5 Å². The van der Waals surface area contributed by atoms with Crippen molar-refractivity contribution in [2.45, 2.75) is 45.7 Å². The molecule has 2 rings (SSSR count). The minimum Gasteiger partial charge on any atom is -0.322 e. The molecule has 3 nitrogen and oxygen atoms in total. The summed E-state index contributed by atoms with van der Waals surface area (Å²) in [4.78, 5) is 12.0. The molecule has 0 fully saturated rings. The van der Waals surface area contributed by atoms with Crippen LogP contribution in [0, 0.1) is 6.92 Å². The minimum atomic E-state index is -0.182. The smallest absolute Gasteiger partial charge is 0.253 e. The molecule has 112 valence electrons. The summed E-state index contributed by atoms with van der Waals surface area (Å²) in [6.45, 7) is 8.88. The molecule has 3 heteroatoms. The maximum absolute atomic E-state index is 12.0. The largest absolute Gasteiger partial charge is 0.322 e. The first kappa shape index (κ1) is 15.5. The van der Waals surface area contributed by atoms with Gasteiger partial charge in [0.1, 0.15) is 0 Å². The van der Waals surface area contributed by atoms with E-state index in [0.29, 0.717) is 6.54 Å². The third-order valence-electron chi connectivity index (χ3n) is 3.81. The highest BCUT2D eigenvalue weighted by Gasteiger charge is 2.14. The lowest BCUT2D eigenvalue weighted by molar-refractivity contribution is 0.557. The number of aromatic nitrogens is 1. The Morgan fingerprint density at radius 1 is 1.14 bits per heavy atom. The Morgan fingerprint density at radius 2 is 1.76 bits per heavy atom. The molecule has 0 aliphatic heterocycles. The van der Waals surface area contributed by atoms with Crippen LogP contribution in [0.25, 0.3) is 0 Å². The molecule has 0 aliphatic carbocycles. The molecule has 0 amide bonds. The fraction of sp³-hybridized carbons (Fsp3) is 0.389. The number of pyridine rings is 1. The predicted molar refractivity (Wildman–Crippen MR) is 87.5 cm³/mol. The average Bonchev–Trinajstić information content (AvgIpc) is 2.43. The second-order valence-corrected chi connectivity index (χ2v) is 6.63. The van der Waals surface area contributed by atoms with Gasteiger partial charge in [0.25, 0.3) is 5.56 Å². The van der Waals surface area contributed by atoms with Gasteiger partial charge in [0, 0.05) is 24.3 Å². The third-order valence-corrected chi connectivity index (χ3v) is 3.81. The number of aryl methyl sites for hydroxylation is 1. The molecule has 0 aliphatic rings. The summed E-state index contributed by atoms with van der Waals surface area (Å²) >= 11 is 0. The molecule has 2 aromatic rings. The minimum absolute atomic E-state index is 0.0271. The molecule has 0 saturated carbocycles. The summed E-state index contributed by atoms with van der Waals surface area (Å²) in [6.07, 6.45) is 1.79. The molecule has 1 atom stereocenters. The van der Waals surface area contributed by atoms with Gasteiger partial charge in [0.05, 0.1) is 0 Å². The van der Waals surface area contributed by atoms with E-state index in [1.54, 1.807) is 10.8 Å². The van der Waals surface area contributed by atoms with E-state index in [1.807, 2.05) is 19.1 Å². The van der Waals surface area contributed by atoms with E-state index < -0.39 is 0 Å². The number of rotatable bonds is 3. The van der Waals surface area contributed by atoms with E-state index in [-0.39, 0.29) is 17.0 Å². The molecule has 0 bridgehead atoms. The van der Waals surface area contributed by atoms with Crippen LogP contribution in [0.15, 0.2) is 47.4 Å². The Morgan fingerprint density at radius 3 is 2.33 bits per heavy atom. The van der Waals surface area contributed by atoms with Gasteiger partial charge in [0.15, 0.2) is 0 Å². The van der Waals surface area contributed by atoms with Crippen LogP contribution in [0.4, 0.5) is 0 Å². The van der Waals surface area contributed by atoms with Crippen LogP contribution in [0.2, 0.25) is 0 Å². The molecule has 2 N–H and O–H groups in total. The summed E-state index contributed by atoms with van der Waals surface area (Å²) in [6, 6.07) is 11.9. The summed E-state index contributed by atoms with van der Waals surface area (Å²) in [5, 5.41) is 0. The first-order valence-electron chi connectivity index (χ1n) is 7.31. The highest BCUT2D eigenvalue weighted by atomic mass is 16.1. The standard InChI is InChI=1S/C18H24N2O/c1-13-6-5-11-20(17(13)21)12-16(19)14-7-9-15(10-8-14)18(2,3)4/h5-11,16H,12,19H2,1-4H3. The molecule has 1 heterocycles. The van der Waals surface area contributed by atoms with E-state index in [9.17, 15) is 4.79 Å². The van der Waals surface area contributed by atoms with Gasteiger partial charge in [0.2, 0.25) is 0 Å². The van der Waals surface area contributed by atoms with Crippen molar-refractivity contribution in [3.05, 3.63) is 69.6 Å². The molecule has 21 heavy (non-hydrogen) atoms. The summed E-state index contributed by atoms with van der Waals surface area (Å²) in [5.74, 6) is 0. The number of hydrogen-bond donors (Lipinski definition) is 1. The second kappa shape index (κ2) is 5.86. The molecular weight excluding hydrogens is 260 g/mol. The van der Waals surface area contributed by atoms with Crippen molar-refractivity contribution in [1.29, 1.82) is 0 Å². The lowest BCUT2D eigenvalue weighted by Gasteiger charge is -2.20. The van der Waals surface area contributed by atoms with Crippen molar-refractivity contribution in [3.63, 3.8) is 0 Å². The molecule has 0 saturated heterocycles. The summed E-state index contributed by atoms with van der Waals surface area (Å²) in [7, 11) is 0. The lowest BCUT2D eigenvalue weighted by Crippen LogP contribution is -2.27. The Hall–Kier alpha value is -1.87. The van der Waals surface area contributed by atoms with Crippen molar-refractivity contribution in [2.24, 2.45) is 5.73 Å². The zero-order chi connectivity index (χ0) is 15.6. The van der Waals surface area contributed by atoms with Crippen LogP contribution >= 0.6 is 0 Å². The second-order valence-electron chi connectivity index (χ2n) is 6.63. The van der Waals surface area contributed by atoms with Crippen LogP contribution in [0.5, 0.6) is 0 Å². The van der Waals surface area contributed by atoms with E-state index >= 15 is 0 Å². The van der Waals surface area contributed by atoms with Gasteiger partial charge in [-0.2, -0.15) is 0 Å². The highest BCUT2D eigenvalue weighted by molar-refractivity contribution is 5.29. The molecule has 1 unspecified atom stereocenters. The van der Waals surface area contributed by atoms with E-state index in [4.69, 9.17) is 5.73 Å². The fourth-order valence-corrected chi connectivity index (χ4v) is 2.35. The van der Waals surface area contributed by atoms with E-state index in [0.717, 1.165) is 11.1 Å². The maximum Gasteiger partial charge on any atom is 0.253 e. The van der Waals surface area contributed by atoms with Crippen LogP contribution in [0.3, 0.4) is 0 Å². The topological polar surface area (TPSA) is 48.0 Å². The van der Waals surface area contributed by atoms with E-state index in [2.05, 4.69) is 45.0 Å². The van der Waals surface area contributed by atoms with E-state index in [1.165, 1.54) is 5.56 Å². The Bertz CT molecular complexity index is 663. The van der Waals surface area contributed by atoms with Crippen molar-refractivity contribution >= 4 is 0 Å². The summed E-state index contributed by atoms with van der Waals surface area (Å²) < 4.78 is 1.68. The Labute approximate surface area is 126 Å². The number of benzene rings is 1. The Kier molecular flexibility index (Phi) is 4.33. The number of hydrogen-bond acceptors (Lipinski definition) is 2. The summed E-state index contributed by atoms with van der Waals surface area (Å²) in [5.41, 5.74) is 9.49. The zero-order valence-corrected chi connectivity index (χ0v) is 13.3. The molecule has 1 aromatic carbocycles. The third kappa shape index (κ3) is 3.61. The first-order valence-corrected chi connectivity index (χ1v) is 7.31. The molecule has 0 spiro atoms. The van der Waals surface area contributed by atoms with Crippen LogP contribution in [-0.4, -0.2) is 4.57 Å². The van der Waals surface area contributed by atoms with Crippen LogP contribution in [-0.2, 0) is 12.0 Å². The normalized spacial score (nSPS) is 13.2. The van der Waals surface area contributed by atoms with Crippen molar-refractivity contribution in [1.82, 2.24) is 4.57 Å². The maximum atomic E-state index is 12.0. The van der Waals surface area contributed by atoms with Gasteiger partial charge in [-0.3, -0.25) is 4.79 Å². The van der Waals surface area contributed by atoms with Crippen molar-refractivity contribution in [2.75, 3.05) is 0 Å². The lowest BCUT2D eigenvalue weighted by atomic mass is 9.86. The van der Waals surface area contributed by atoms with Gasteiger partial charge in [-0.25, -0.2) is 0 Å². The zero-order valence-electron chi connectivity index (χ0n) is 13.3. The number of nitrogens with zero attached hydrogens (tertiary/aromatic N) is 1. The SMILES string of the molecule is Cc1cccn(CC(N)c2ccc(C(C)(C)C)cc2)c1=O. The van der Waals surface area contributed by atoms with Gasteiger partial charge in [-0.15, -0.1) is 0 Å². The fourth-order valence-electron chi connectivity index (χ4n) is 2.35. The Balaban J connectivity index is 2.19. The highest BCUT2D eigenvalue weighted by Crippen LogP contribution is 2.23. The predicted octanol–water partition coefficient (Wildman–Crippen LogP) is 3.15. The first-order chi connectivity index (χ1) is 9.79. The molecular formula is C18H24N2O. The van der Waals surface area contributed by atoms with Crippen molar-refractivity contribution in [3.8, 4) is 0 Å². The number of nitrogens with two attached hydrogens (primary N) is 1.